The topological polar surface area (TPSA) is 43.4 Å². The third-order valence-electron chi connectivity index (χ3n) is 3.76. The number of carbonyl (C=O) groups is 2. The van der Waals surface area contributed by atoms with Gasteiger partial charge in [-0.1, -0.05) is 32.0 Å². The lowest BCUT2D eigenvalue weighted by atomic mass is 9.87. The molecule has 0 aliphatic heterocycles. The quantitative estimate of drug-likeness (QED) is 0.784. The third-order valence-corrected chi connectivity index (χ3v) is 3.76. The van der Waals surface area contributed by atoms with Crippen molar-refractivity contribution in [1.29, 1.82) is 0 Å². The normalized spacial score (nSPS) is 21.6. The van der Waals surface area contributed by atoms with E-state index in [2.05, 4.69) is 19.9 Å². The van der Waals surface area contributed by atoms with Crippen LogP contribution in [0.5, 0.6) is 0 Å². The summed E-state index contributed by atoms with van der Waals surface area (Å²) in [7, 11) is 0. The summed E-state index contributed by atoms with van der Waals surface area (Å²) in [6.45, 7) is 7.67. The monoisotopic (exact) mass is 260 g/mol. The molecule has 2 rings (SSSR count). The van der Waals surface area contributed by atoms with Crippen molar-refractivity contribution in [3.8, 4) is 0 Å². The zero-order chi connectivity index (χ0) is 14.2. The molecule has 19 heavy (non-hydrogen) atoms. The molecule has 0 heterocycles. The Kier molecular flexibility index (Phi) is 3.48. The van der Waals surface area contributed by atoms with Gasteiger partial charge < -0.3 is 4.74 Å². The summed E-state index contributed by atoms with van der Waals surface area (Å²) < 4.78 is 5.05. The Morgan fingerprint density at radius 2 is 2.11 bits per heavy atom. The van der Waals surface area contributed by atoms with Gasteiger partial charge in [0.05, 0.1) is 5.41 Å². The molecule has 1 aliphatic rings. The Hall–Kier alpha value is -1.64. The van der Waals surface area contributed by atoms with Gasteiger partial charge in [0.1, 0.15) is 6.61 Å². The Morgan fingerprint density at radius 3 is 2.68 bits per heavy atom. The summed E-state index contributed by atoms with van der Waals surface area (Å²) in [4.78, 5) is 23.4. The van der Waals surface area contributed by atoms with Crippen LogP contribution in [0.15, 0.2) is 18.2 Å². The van der Waals surface area contributed by atoms with Crippen molar-refractivity contribution in [2.75, 3.05) is 6.61 Å². The molecule has 102 valence electrons. The first kappa shape index (κ1) is 13.8. The smallest absolute Gasteiger partial charge is 0.302 e. The van der Waals surface area contributed by atoms with Gasteiger partial charge in [0.2, 0.25) is 0 Å². The van der Waals surface area contributed by atoms with Crippen molar-refractivity contribution in [3.63, 3.8) is 0 Å². The molecule has 0 spiro atoms. The fraction of sp³-hybridized carbons (Fsp3) is 0.500. The van der Waals surface area contributed by atoms with Crippen molar-refractivity contribution in [2.45, 2.75) is 40.0 Å². The van der Waals surface area contributed by atoms with E-state index in [0.29, 0.717) is 12.3 Å². The van der Waals surface area contributed by atoms with Gasteiger partial charge in [0.15, 0.2) is 5.78 Å². The SMILES string of the molecule is CC(=O)OCC1(C)Cc2cc(C(C)C)ccc2C1=O. The van der Waals surface area contributed by atoms with E-state index in [0.717, 1.165) is 11.1 Å². The summed E-state index contributed by atoms with van der Waals surface area (Å²) >= 11 is 0. The zero-order valence-corrected chi connectivity index (χ0v) is 11.9. The first-order chi connectivity index (χ1) is 8.83. The maximum Gasteiger partial charge on any atom is 0.302 e. The van der Waals surface area contributed by atoms with E-state index < -0.39 is 5.41 Å². The number of ether oxygens (including phenoxy) is 1. The minimum absolute atomic E-state index is 0.0825. The van der Waals surface area contributed by atoms with Gasteiger partial charge in [-0.05, 0) is 30.4 Å². The number of rotatable bonds is 3. The van der Waals surface area contributed by atoms with Crippen LogP contribution in [0, 0.1) is 5.41 Å². The van der Waals surface area contributed by atoms with E-state index in [1.165, 1.54) is 12.5 Å². The van der Waals surface area contributed by atoms with Gasteiger partial charge in [-0.15, -0.1) is 0 Å². The maximum atomic E-state index is 12.4. The second-order valence-corrected chi connectivity index (χ2v) is 5.92. The van der Waals surface area contributed by atoms with E-state index in [1.54, 1.807) is 0 Å². The molecule has 0 aromatic heterocycles. The Morgan fingerprint density at radius 1 is 1.42 bits per heavy atom. The van der Waals surface area contributed by atoms with Crippen LogP contribution in [0.4, 0.5) is 0 Å². The minimum atomic E-state index is -0.608. The van der Waals surface area contributed by atoms with Crippen LogP contribution >= 0.6 is 0 Å². The largest absolute Gasteiger partial charge is 0.465 e. The number of hydrogen-bond donors (Lipinski definition) is 0. The molecule has 0 fully saturated rings. The van der Waals surface area contributed by atoms with Crippen LogP contribution in [-0.2, 0) is 16.0 Å². The number of ketones is 1. The Bertz CT molecular complexity index is 531. The van der Waals surface area contributed by atoms with Gasteiger partial charge in [-0.2, -0.15) is 0 Å². The molecule has 0 saturated heterocycles. The van der Waals surface area contributed by atoms with Crippen molar-refractivity contribution in [1.82, 2.24) is 0 Å². The lowest BCUT2D eigenvalue weighted by molar-refractivity contribution is -0.143. The molecule has 0 saturated carbocycles. The van der Waals surface area contributed by atoms with E-state index in [9.17, 15) is 9.59 Å². The fourth-order valence-electron chi connectivity index (χ4n) is 2.54. The number of benzene rings is 1. The summed E-state index contributed by atoms with van der Waals surface area (Å²) in [5, 5.41) is 0. The highest BCUT2D eigenvalue weighted by atomic mass is 16.5. The molecular formula is C16H20O3. The molecule has 0 amide bonds. The van der Waals surface area contributed by atoms with E-state index >= 15 is 0 Å². The van der Waals surface area contributed by atoms with Crippen molar-refractivity contribution >= 4 is 11.8 Å². The first-order valence-electron chi connectivity index (χ1n) is 6.64. The van der Waals surface area contributed by atoms with E-state index in [-0.39, 0.29) is 18.4 Å². The summed E-state index contributed by atoms with van der Waals surface area (Å²) in [6.07, 6.45) is 0.648. The molecular weight excluding hydrogens is 240 g/mol. The standard InChI is InChI=1S/C16H20O3/c1-10(2)12-5-6-14-13(7-12)8-16(4,15(14)18)9-19-11(3)17/h5-7,10H,8-9H2,1-4H3. The van der Waals surface area contributed by atoms with E-state index in [4.69, 9.17) is 4.74 Å². The van der Waals surface area contributed by atoms with Gasteiger partial charge in [-0.25, -0.2) is 0 Å². The highest BCUT2D eigenvalue weighted by Crippen LogP contribution is 2.38. The molecule has 1 aromatic carbocycles. The van der Waals surface area contributed by atoms with Crippen LogP contribution in [0.25, 0.3) is 0 Å². The summed E-state index contributed by atoms with van der Waals surface area (Å²) in [5.41, 5.74) is 2.48. The van der Waals surface area contributed by atoms with Crippen LogP contribution in [0.1, 0.15) is 55.1 Å². The predicted octanol–water partition coefficient (Wildman–Crippen LogP) is 3.12. The molecule has 0 bridgehead atoms. The first-order valence-corrected chi connectivity index (χ1v) is 6.64. The highest BCUT2D eigenvalue weighted by molar-refractivity contribution is 6.05. The molecule has 1 aliphatic carbocycles. The molecule has 3 heteroatoms. The number of hydrogen-bond acceptors (Lipinski definition) is 3. The summed E-state index contributed by atoms with van der Waals surface area (Å²) in [5.74, 6) is 0.188. The molecule has 0 radical (unpaired) electrons. The highest BCUT2D eigenvalue weighted by Gasteiger charge is 2.42. The second kappa shape index (κ2) is 4.80. The number of esters is 1. The van der Waals surface area contributed by atoms with E-state index in [1.807, 2.05) is 19.1 Å². The van der Waals surface area contributed by atoms with Crippen LogP contribution in [0.2, 0.25) is 0 Å². The molecule has 1 atom stereocenters. The van der Waals surface area contributed by atoms with Gasteiger partial charge >= 0.3 is 5.97 Å². The Labute approximate surface area is 114 Å². The number of carbonyl (C=O) groups excluding carboxylic acids is 2. The maximum absolute atomic E-state index is 12.4. The molecule has 3 nitrogen and oxygen atoms in total. The van der Waals surface area contributed by atoms with Crippen LogP contribution in [0.3, 0.4) is 0 Å². The lowest BCUT2D eigenvalue weighted by Crippen LogP contribution is -2.30. The van der Waals surface area contributed by atoms with Crippen molar-refractivity contribution in [3.05, 3.63) is 34.9 Å². The molecule has 1 unspecified atom stereocenters. The fourth-order valence-corrected chi connectivity index (χ4v) is 2.54. The number of Topliss-reactive ketones (excluding diaryl/α,β-unsaturated/α-hetero) is 1. The predicted molar refractivity (Wildman–Crippen MR) is 73.3 cm³/mol. The van der Waals surface area contributed by atoms with Gasteiger partial charge in [0, 0.05) is 12.5 Å². The number of fused-ring (bicyclic) bond motifs is 1. The van der Waals surface area contributed by atoms with Crippen molar-refractivity contribution < 1.29 is 14.3 Å². The lowest BCUT2D eigenvalue weighted by Gasteiger charge is -2.20. The minimum Gasteiger partial charge on any atom is -0.465 e. The average Bonchev–Trinajstić information content (AvgIpc) is 2.59. The Balaban J connectivity index is 2.27. The molecule has 0 N–H and O–H groups in total. The third kappa shape index (κ3) is 2.55. The van der Waals surface area contributed by atoms with Gasteiger partial charge in [0.25, 0.3) is 0 Å². The van der Waals surface area contributed by atoms with Crippen LogP contribution in [-0.4, -0.2) is 18.4 Å². The molecule has 1 aromatic rings. The van der Waals surface area contributed by atoms with Crippen LogP contribution < -0.4 is 0 Å². The van der Waals surface area contributed by atoms with Crippen molar-refractivity contribution in [2.24, 2.45) is 5.41 Å². The van der Waals surface area contributed by atoms with Gasteiger partial charge in [-0.3, -0.25) is 9.59 Å². The second-order valence-electron chi connectivity index (χ2n) is 5.92. The average molecular weight is 260 g/mol. The summed E-state index contributed by atoms with van der Waals surface area (Å²) in [6, 6.07) is 6.03. The zero-order valence-electron chi connectivity index (χ0n) is 11.9.